The van der Waals surface area contributed by atoms with Gasteiger partial charge in [0.05, 0.1) is 30.3 Å². The molecule has 1 aromatic rings. The predicted molar refractivity (Wildman–Crippen MR) is 194 cm³/mol. The lowest BCUT2D eigenvalue weighted by Gasteiger charge is -2.32. The Morgan fingerprint density at radius 3 is 2.58 bits per heavy atom. The fraction of sp³-hybridized carbons (Fsp3) is 0.568. The van der Waals surface area contributed by atoms with E-state index >= 15 is 8.78 Å². The van der Waals surface area contributed by atoms with Gasteiger partial charge in [0, 0.05) is 42.0 Å². The standard InChI is InChI=1S/C27H29F2N5OS.C10H23NO/c1-4-14(3)20(22-15(10-30)26(31)36-25(22)19(28)5-2)21-18-13-35-12-17(18)16-11-32-27(33-24(16)23(21)29)34-8-6-7-9-34;1-4-6-7-8-11(3)10(5-2)9-12/h5,11,24H,4,6-9,12-13,31H2,1-3H3,(H,32,33);10,12H,4-9H2,1-3H3/b19-5+,20-14+;/t;10-/m.1/s1. The fourth-order valence-corrected chi connectivity index (χ4v) is 7.65. The molecule has 0 amide bonds. The second-order valence-corrected chi connectivity index (χ2v) is 13.8. The summed E-state index contributed by atoms with van der Waals surface area (Å²) in [4.78, 5) is 9.44. The number of fused-ring (bicyclic) bond motifs is 2. The molecule has 48 heavy (non-hydrogen) atoms. The summed E-state index contributed by atoms with van der Waals surface area (Å²) in [7, 11) is 2.10. The molecule has 11 heteroatoms. The molecule has 8 nitrogen and oxygen atoms in total. The Morgan fingerprint density at radius 2 is 1.98 bits per heavy atom. The molecule has 1 aliphatic carbocycles. The number of unbranched alkanes of at least 4 members (excludes halogenated alkanes) is 2. The number of halogens is 2. The second-order valence-electron chi connectivity index (χ2n) is 12.7. The highest BCUT2D eigenvalue weighted by atomic mass is 32.1. The number of nitriles is 1. The monoisotopic (exact) mass is 682 g/mol. The second kappa shape index (κ2) is 17.4. The Bertz CT molecular complexity index is 1550. The summed E-state index contributed by atoms with van der Waals surface area (Å²) >= 11 is 1.01. The number of hydrogen-bond donors (Lipinski definition) is 3. The molecule has 1 aromatic heterocycles. The molecule has 4 N–H and O–H groups in total. The SMILES string of the molecule is C/C=C(/F)c1sc(N)c(C#N)c1/C(C1=C(F)C2N=C(N3CCCC3)NC=C2C2=C1COC2)=C(\C)CC.CCCCCN(C)[C@H](CC)CO. The van der Waals surface area contributed by atoms with Gasteiger partial charge < -0.3 is 30.7 Å². The van der Waals surface area contributed by atoms with Crippen LogP contribution in [0.5, 0.6) is 0 Å². The number of likely N-dealkylation sites (tertiary alicyclic amines) is 1. The average molecular weight is 683 g/mol. The number of guanidine groups is 1. The third-order valence-corrected chi connectivity index (χ3v) is 10.7. The molecule has 1 unspecified atom stereocenters. The molecule has 0 radical (unpaired) electrons. The number of aliphatic imine (C=N–C) groups is 1. The number of aliphatic hydroxyl groups is 1. The molecule has 0 aromatic carbocycles. The van der Waals surface area contributed by atoms with Gasteiger partial charge in [0.1, 0.15) is 28.8 Å². The van der Waals surface area contributed by atoms with E-state index in [2.05, 4.69) is 42.1 Å². The van der Waals surface area contributed by atoms with Crippen molar-refractivity contribution in [2.75, 3.05) is 52.2 Å². The van der Waals surface area contributed by atoms with E-state index in [9.17, 15) is 5.26 Å². The van der Waals surface area contributed by atoms with Crippen LogP contribution in [0.4, 0.5) is 13.8 Å². The normalized spacial score (nSPS) is 20.4. The highest BCUT2D eigenvalue weighted by Crippen LogP contribution is 2.51. The predicted octanol–water partition coefficient (Wildman–Crippen LogP) is 7.47. The number of aliphatic hydroxyl groups excluding tert-OH is 1. The van der Waals surface area contributed by atoms with E-state index in [0.29, 0.717) is 48.3 Å². The van der Waals surface area contributed by atoms with E-state index in [1.54, 1.807) is 6.92 Å². The summed E-state index contributed by atoms with van der Waals surface area (Å²) in [6.07, 6.45) is 10.8. The average Bonchev–Trinajstić information content (AvgIpc) is 3.88. The number of nitrogens with two attached hydrogens (primary N) is 1. The smallest absolute Gasteiger partial charge is 0.199 e. The van der Waals surface area contributed by atoms with Gasteiger partial charge in [0.15, 0.2) is 5.96 Å². The number of likely N-dealkylation sites (N-methyl/N-ethyl adjacent to an activating group) is 1. The first kappa shape index (κ1) is 37.5. The molecule has 2 atom stereocenters. The number of thiophene rings is 1. The molecule has 262 valence electrons. The number of nitrogen functional groups attached to an aromatic ring is 1. The van der Waals surface area contributed by atoms with Crippen LogP contribution in [-0.4, -0.2) is 79.5 Å². The summed E-state index contributed by atoms with van der Waals surface area (Å²) < 4.78 is 37.6. The lowest BCUT2D eigenvalue weighted by Crippen LogP contribution is -2.42. The van der Waals surface area contributed by atoms with E-state index in [4.69, 9.17) is 20.6 Å². The maximum atomic E-state index is 16.7. The van der Waals surface area contributed by atoms with Crippen molar-refractivity contribution in [1.29, 1.82) is 5.26 Å². The van der Waals surface area contributed by atoms with E-state index in [-0.39, 0.29) is 22.0 Å². The molecule has 4 heterocycles. The minimum Gasteiger partial charge on any atom is -0.395 e. The number of nitrogens with one attached hydrogen (secondary N) is 1. The van der Waals surface area contributed by atoms with Crippen LogP contribution in [0.3, 0.4) is 0 Å². The van der Waals surface area contributed by atoms with Gasteiger partial charge >= 0.3 is 0 Å². The van der Waals surface area contributed by atoms with Crippen molar-refractivity contribution in [3.63, 3.8) is 0 Å². The zero-order valence-corrected chi connectivity index (χ0v) is 30.2. The quantitative estimate of drug-likeness (QED) is 0.208. The minimum absolute atomic E-state index is 0.170. The molecule has 5 rings (SSSR count). The van der Waals surface area contributed by atoms with Crippen molar-refractivity contribution >= 4 is 33.7 Å². The van der Waals surface area contributed by atoms with E-state index < -0.39 is 17.7 Å². The lowest BCUT2D eigenvalue weighted by molar-refractivity contribution is 0.142. The summed E-state index contributed by atoms with van der Waals surface area (Å²) in [5.74, 6) is -0.239. The first-order valence-electron chi connectivity index (χ1n) is 17.3. The Labute approximate surface area is 289 Å². The first-order valence-corrected chi connectivity index (χ1v) is 18.1. The van der Waals surface area contributed by atoms with Crippen molar-refractivity contribution in [2.45, 2.75) is 91.6 Å². The molecule has 0 saturated carbocycles. The van der Waals surface area contributed by atoms with Crippen LogP contribution >= 0.6 is 11.3 Å². The van der Waals surface area contributed by atoms with Crippen LogP contribution < -0.4 is 11.1 Å². The van der Waals surface area contributed by atoms with Crippen molar-refractivity contribution in [1.82, 2.24) is 15.1 Å². The Balaban J connectivity index is 0.000000371. The maximum absolute atomic E-state index is 16.7. The Hall–Kier alpha value is -3.30. The summed E-state index contributed by atoms with van der Waals surface area (Å²) in [5, 5.41) is 22.5. The van der Waals surface area contributed by atoms with Crippen LogP contribution in [0.15, 0.2) is 51.0 Å². The first-order chi connectivity index (χ1) is 23.2. The van der Waals surface area contributed by atoms with Gasteiger partial charge in [-0.25, -0.2) is 13.8 Å². The number of allylic oxidation sites excluding steroid dienone is 3. The summed E-state index contributed by atoms with van der Waals surface area (Å²) in [5.41, 5.74) is 10.8. The van der Waals surface area contributed by atoms with Crippen LogP contribution in [-0.2, 0) is 4.74 Å². The fourth-order valence-electron chi connectivity index (χ4n) is 6.66. The largest absolute Gasteiger partial charge is 0.395 e. The minimum atomic E-state index is -0.825. The van der Waals surface area contributed by atoms with Crippen LogP contribution in [0.1, 0.15) is 95.6 Å². The number of rotatable bonds is 11. The van der Waals surface area contributed by atoms with Crippen molar-refractivity contribution in [3.05, 3.63) is 62.0 Å². The number of anilines is 1. The van der Waals surface area contributed by atoms with Crippen molar-refractivity contribution in [2.24, 2.45) is 4.99 Å². The third-order valence-electron chi connectivity index (χ3n) is 9.69. The molecule has 4 aliphatic rings. The molecular formula is C37H52F2N6O2S. The highest BCUT2D eigenvalue weighted by molar-refractivity contribution is 7.17. The van der Waals surface area contributed by atoms with Gasteiger partial charge in [-0.3, -0.25) is 0 Å². The Kier molecular flexibility index (Phi) is 13.6. The van der Waals surface area contributed by atoms with Gasteiger partial charge in [0.25, 0.3) is 0 Å². The number of nitrogens with zero attached hydrogens (tertiary/aromatic N) is 4. The van der Waals surface area contributed by atoms with Gasteiger partial charge in [-0.1, -0.05) is 45.3 Å². The third kappa shape index (κ3) is 7.78. The van der Waals surface area contributed by atoms with Crippen molar-refractivity contribution in [3.8, 4) is 6.07 Å². The molecular weight excluding hydrogens is 631 g/mol. The summed E-state index contributed by atoms with van der Waals surface area (Å²) in [6.45, 7) is 13.5. The van der Waals surface area contributed by atoms with Crippen LogP contribution in [0, 0.1) is 11.3 Å². The van der Waals surface area contributed by atoms with Gasteiger partial charge in [0.2, 0.25) is 0 Å². The molecule has 0 bridgehead atoms. The molecule has 3 aliphatic heterocycles. The number of hydrogen-bond acceptors (Lipinski definition) is 9. The van der Waals surface area contributed by atoms with Gasteiger partial charge in [-0.15, -0.1) is 11.3 Å². The van der Waals surface area contributed by atoms with Crippen LogP contribution in [0.25, 0.3) is 11.4 Å². The van der Waals surface area contributed by atoms with E-state index in [1.807, 2.05) is 20.0 Å². The highest BCUT2D eigenvalue weighted by Gasteiger charge is 2.41. The summed E-state index contributed by atoms with van der Waals surface area (Å²) in [6, 6.07) is 1.68. The molecule has 0 spiro atoms. The van der Waals surface area contributed by atoms with Crippen LogP contribution in [0.2, 0.25) is 0 Å². The molecule has 1 fully saturated rings. The topological polar surface area (TPSA) is 110 Å². The van der Waals surface area contributed by atoms with E-state index in [1.165, 1.54) is 25.3 Å². The van der Waals surface area contributed by atoms with Gasteiger partial charge in [-0.2, -0.15) is 5.26 Å². The van der Waals surface area contributed by atoms with Crippen molar-refractivity contribution < 1.29 is 18.6 Å². The van der Waals surface area contributed by atoms with E-state index in [0.717, 1.165) is 72.5 Å². The van der Waals surface area contributed by atoms with Gasteiger partial charge in [-0.05, 0) is 76.3 Å². The number of ether oxygens (including phenoxy) is 1. The Morgan fingerprint density at radius 1 is 1.27 bits per heavy atom. The molecule has 1 saturated heterocycles. The lowest BCUT2D eigenvalue weighted by atomic mass is 9.78. The zero-order valence-electron chi connectivity index (χ0n) is 29.4. The zero-order chi connectivity index (χ0) is 35.0. The maximum Gasteiger partial charge on any atom is 0.199 e.